The molecule has 3 rings (SSSR count). The number of benzene rings is 2. The predicted octanol–water partition coefficient (Wildman–Crippen LogP) is 4.20. The summed E-state index contributed by atoms with van der Waals surface area (Å²) in [4.78, 5) is 37.2. The first-order valence-corrected chi connectivity index (χ1v) is 10.0. The third-order valence-electron chi connectivity index (χ3n) is 3.73. The van der Waals surface area contributed by atoms with Gasteiger partial charge in [-0.15, -0.1) is 0 Å². The van der Waals surface area contributed by atoms with Gasteiger partial charge in [0.05, 0.1) is 15.9 Å². The van der Waals surface area contributed by atoms with E-state index in [4.69, 9.17) is 22.1 Å². The van der Waals surface area contributed by atoms with Crippen LogP contribution in [0, 0.1) is 0 Å². The van der Waals surface area contributed by atoms with Gasteiger partial charge in [-0.1, -0.05) is 29.8 Å². The van der Waals surface area contributed by atoms with Gasteiger partial charge in [-0.25, -0.2) is 0 Å². The molecular weight excluding hydrogens is 468 g/mol. The lowest BCUT2D eigenvalue weighted by Gasteiger charge is -2.12. The van der Waals surface area contributed by atoms with E-state index in [1.165, 1.54) is 4.90 Å². The van der Waals surface area contributed by atoms with Crippen LogP contribution in [0.2, 0.25) is 5.02 Å². The average Bonchev–Trinajstić information content (AvgIpc) is 2.88. The van der Waals surface area contributed by atoms with Crippen LogP contribution in [0.25, 0.3) is 6.08 Å². The molecule has 1 aliphatic heterocycles. The van der Waals surface area contributed by atoms with Gasteiger partial charge < -0.3 is 10.5 Å². The molecule has 0 radical (unpaired) electrons. The Morgan fingerprint density at radius 1 is 1.25 bits per heavy atom. The molecule has 1 saturated heterocycles. The van der Waals surface area contributed by atoms with E-state index >= 15 is 0 Å². The van der Waals surface area contributed by atoms with Gasteiger partial charge in [-0.3, -0.25) is 19.3 Å². The molecule has 0 atom stereocenters. The lowest BCUT2D eigenvalue weighted by atomic mass is 10.2. The van der Waals surface area contributed by atoms with Crippen molar-refractivity contribution >= 4 is 62.4 Å². The van der Waals surface area contributed by atoms with Crippen LogP contribution in [0.3, 0.4) is 0 Å². The SMILES string of the molecule is NC(=O)COc1ccc(/C=C2\SC(=O)N(Cc3cccc(Cl)c3)C2=O)cc1Br. The van der Waals surface area contributed by atoms with Crippen molar-refractivity contribution in [3.05, 3.63) is 68.0 Å². The summed E-state index contributed by atoms with van der Waals surface area (Å²) in [7, 11) is 0. The Labute approximate surface area is 178 Å². The van der Waals surface area contributed by atoms with Gasteiger partial charge in [0.2, 0.25) is 0 Å². The lowest BCUT2D eigenvalue weighted by molar-refractivity contribution is -0.123. The molecule has 2 aromatic rings. The molecular formula is C19H14BrClN2O4S. The first-order valence-electron chi connectivity index (χ1n) is 8.04. The second-order valence-electron chi connectivity index (χ2n) is 5.84. The normalized spacial score (nSPS) is 15.4. The van der Waals surface area contributed by atoms with Crippen molar-refractivity contribution in [2.24, 2.45) is 5.73 Å². The van der Waals surface area contributed by atoms with E-state index in [0.717, 1.165) is 17.3 Å². The lowest BCUT2D eigenvalue weighted by Crippen LogP contribution is -2.27. The minimum Gasteiger partial charge on any atom is -0.483 e. The minimum absolute atomic E-state index is 0.159. The second-order valence-corrected chi connectivity index (χ2v) is 8.13. The first kappa shape index (κ1) is 20.4. The Balaban J connectivity index is 1.76. The number of ether oxygens (including phenoxy) is 1. The van der Waals surface area contributed by atoms with Crippen LogP contribution in [0.5, 0.6) is 5.75 Å². The summed E-state index contributed by atoms with van der Waals surface area (Å²) < 4.78 is 5.86. The van der Waals surface area contributed by atoms with Gasteiger partial charge in [0.15, 0.2) is 6.61 Å². The van der Waals surface area contributed by atoms with Gasteiger partial charge in [0, 0.05) is 5.02 Å². The zero-order valence-corrected chi connectivity index (χ0v) is 17.5. The average molecular weight is 482 g/mol. The molecule has 0 bridgehead atoms. The molecule has 9 heteroatoms. The zero-order chi connectivity index (χ0) is 20.3. The highest BCUT2D eigenvalue weighted by Gasteiger charge is 2.35. The van der Waals surface area contributed by atoms with Crippen LogP contribution in [-0.4, -0.2) is 28.6 Å². The van der Waals surface area contributed by atoms with E-state index in [2.05, 4.69) is 15.9 Å². The van der Waals surface area contributed by atoms with Gasteiger partial charge in [0.1, 0.15) is 5.75 Å². The maximum absolute atomic E-state index is 12.6. The fourth-order valence-corrected chi connectivity index (χ4v) is 4.04. The molecule has 144 valence electrons. The highest BCUT2D eigenvalue weighted by Crippen LogP contribution is 2.34. The van der Waals surface area contributed by atoms with Gasteiger partial charge in [-0.2, -0.15) is 0 Å². The molecule has 1 heterocycles. The van der Waals surface area contributed by atoms with E-state index < -0.39 is 5.91 Å². The van der Waals surface area contributed by atoms with Crippen molar-refractivity contribution in [1.82, 2.24) is 4.90 Å². The quantitative estimate of drug-likeness (QED) is 0.625. The number of thioether (sulfide) groups is 1. The third-order valence-corrected chi connectivity index (χ3v) is 5.49. The Kier molecular flexibility index (Phi) is 6.43. The maximum atomic E-state index is 12.6. The van der Waals surface area contributed by atoms with Crippen molar-refractivity contribution < 1.29 is 19.1 Å². The number of imide groups is 1. The number of amides is 3. The first-order chi connectivity index (χ1) is 13.3. The number of carbonyl (C=O) groups excluding carboxylic acids is 3. The topological polar surface area (TPSA) is 89.7 Å². The Morgan fingerprint density at radius 2 is 2.04 bits per heavy atom. The van der Waals surface area contributed by atoms with Crippen molar-refractivity contribution in [1.29, 1.82) is 0 Å². The van der Waals surface area contributed by atoms with E-state index in [9.17, 15) is 14.4 Å². The van der Waals surface area contributed by atoms with Crippen molar-refractivity contribution in [3.63, 3.8) is 0 Å². The molecule has 0 aromatic heterocycles. The van der Waals surface area contributed by atoms with Gasteiger partial charge in [0.25, 0.3) is 17.1 Å². The van der Waals surface area contributed by atoms with E-state index in [1.807, 2.05) is 0 Å². The Bertz CT molecular complexity index is 996. The minimum atomic E-state index is -0.579. The summed E-state index contributed by atoms with van der Waals surface area (Å²) in [5.41, 5.74) is 6.53. The van der Waals surface area contributed by atoms with E-state index in [-0.39, 0.29) is 24.3 Å². The molecule has 0 spiro atoms. The number of hydrogen-bond donors (Lipinski definition) is 1. The van der Waals surface area contributed by atoms with Gasteiger partial charge in [-0.05, 0) is 69.2 Å². The van der Waals surface area contributed by atoms with Crippen LogP contribution >= 0.6 is 39.3 Å². The molecule has 0 saturated carbocycles. The molecule has 1 aliphatic rings. The molecule has 6 nitrogen and oxygen atoms in total. The predicted molar refractivity (Wildman–Crippen MR) is 112 cm³/mol. The Morgan fingerprint density at radius 3 is 2.71 bits per heavy atom. The molecule has 1 fully saturated rings. The summed E-state index contributed by atoms with van der Waals surface area (Å²) in [5.74, 6) is -0.491. The van der Waals surface area contributed by atoms with Gasteiger partial charge >= 0.3 is 0 Å². The third kappa shape index (κ3) is 4.95. The van der Waals surface area contributed by atoms with E-state index in [0.29, 0.717) is 25.7 Å². The smallest absolute Gasteiger partial charge is 0.293 e. The number of hydrogen-bond acceptors (Lipinski definition) is 5. The number of nitrogens with two attached hydrogens (primary N) is 1. The zero-order valence-electron chi connectivity index (χ0n) is 14.4. The molecule has 0 aliphatic carbocycles. The number of halogens is 2. The summed E-state index contributed by atoms with van der Waals surface area (Å²) in [6.45, 7) is -0.0769. The monoisotopic (exact) mass is 480 g/mol. The maximum Gasteiger partial charge on any atom is 0.293 e. The van der Waals surface area contributed by atoms with Crippen LogP contribution in [0.15, 0.2) is 51.8 Å². The number of carbonyl (C=O) groups is 3. The number of rotatable bonds is 6. The van der Waals surface area contributed by atoms with Crippen LogP contribution in [-0.2, 0) is 16.1 Å². The second kappa shape index (κ2) is 8.81. The fourth-order valence-electron chi connectivity index (χ4n) is 2.48. The van der Waals surface area contributed by atoms with E-state index in [1.54, 1.807) is 48.5 Å². The van der Waals surface area contributed by atoms with Crippen molar-refractivity contribution in [3.8, 4) is 5.75 Å². The highest BCUT2D eigenvalue weighted by molar-refractivity contribution is 9.10. The Hall–Kier alpha value is -2.29. The highest BCUT2D eigenvalue weighted by atomic mass is 79.9. The molecule has 0 unspecified atom stereocenters. The standard InChI is InChI=1S/C19H14BrClN2O4S/c20-14-7-11(4-5-15(14)27-10-17(22)24)8-16-18(25)23(19(26)28-16)9-12-2-1-3-13(21)6-12/h1-8H,9-10H2,(H2,22,24)/b16-8-. The summed E-state index contributed by atoms with van der Waals surface area (Å²) >= 11 is 10.2. The molecule has 3 amide bonds. The van der Waals surface area contributed by atoms with Crippen LogP contribution in [0.4, 0.5) is 4.79 Å². The van der Waals surface area contributed by atoms with Crippen LogP contribution in [0.1, 0.15) is 11.1 Å². The van der Waals surface area contributed by atoms with Crippen LogP contribution < -0.4 is 10.5 Å². The summed E-state index contributed by atoms with van der Waals surface area (Å²) in [6, 6.07) is 12.1. The van der Waals surface area contributed by atoms with Crippen molar-refractivity contribution in [2.45, 2.75) is 6.54 Å². The molecule has 2 aromatic carbocycles. The summed E-state index contributed by atoms with van der Waals surface area (Å²) in [5, 5.41) is 0.209. The molecule has 2 N–H and O–H groups in total. The summed E-state index contributed by atoms with van der Waals surface area (Å²) in [6.07, 6.45) is 1.63. The van der Waals surface area contributed by atoms with Crippen molar-refractivity contribution in [2.75, 3.05) is 6.61 Å². The fraction of sp³-hybridized carbons (Fsp3) is 0.105. The molecule has 28 heavy (non-hydrogen) atoms. The number of primary amides is 1. The largest absolute Gasteiger partial charge is 0.483 e. The number of nitrogens with zero attached hydrogens (tertiary/aromatic N) is 1.